The van der Waals surface area contributed by atoms with Gasteiger partial charge in [0.15, 0.2) is 11.9 Å². The summed E-state index contributed by atoms with van der Waals surface area (Å²) < 4.78 is 5.74. The van der Waals surface area contributed by atoms with E-state index in [0.717, 1.165) is 36.6 Å². The summed E-state index contributed by atoms with van der Waals surface area (Å²) >= 11 is 0. The number of carbonyl (C=O) groups excluding carboxylic acids is 1. The zero-order valence-corrected chi connectivity index (χ0v) is 16.8. The van der Waals surface area contributed by atoms with Gasteiger partial charge < -0.3 is 15.0 Å². The van der Waals surface area contributed by atoms with Crippen LogP contribution in [0.5, 0.6) is 0 Å². The predicted octanol–water partition coefficient (Wildman–Crippen LogP) is 2.64. The molecule has 1 saturated heterocycles. The largest absolute Gasteiger partial charge is 0.363 e. The third-order valence-electron chi connectivity index (χ3n) is 5.50. The standard InChI is InChI=1S/C22H28N4O2/c1-22(2,3)18-8-9-19(25-24-18)26-13-15(14-26)12-23-21(27)20-17-7-5-4-6-16(17)10-11-28-20/h4-9,15,20H,10-14H2,1-3H3,(H,23,27). The number of rotatable bonds is 4. The lowest BCUT2D eigenvalue weighted by molar-refractivity contribution is -0.134. The van der Waals surface area contributed by atoms with Gasteiger partial charge >= 0.3 is 0 Å². The van der Waals surface area contributed by atoms with Crippen LogP contribution in [-0.4, -0.2) is 42.3 Å². The Hall–Kier alpha value is -2.47. The van der Waals surface area contributed by atoms with E-state index < -0.39 is 6.10 Å². The highest BCUT2D eigenvalue weighted by atomic mass is 16.5. The van der Waals surface area contributed by atoms with Crippen LogP contribution in [-0.2, 0) is 21.4 Å². The quantitative estimate of drug-likeness (QED) is 0.883. The first-order valence-corrected chi connectivity index (χ1v) is 9.98. The van der Waals surface area contributed by atoms with Gasteiger partial charge in [-0.3, -0.25) is 4.79 Å². The Morgan fingerprint density at radius 3 is 2.68 bits per heavy atom. The second-order valence-electron chi connectivity index (χ2n) is 8.74. The summed E-state index contributed by atoms with van der Waals surface area (Å²) in [5, 5.41) is 11.8. The number of aromatic nitrogens is 2. The van der Waals surface area contributed by atoms with Crippen molar-refractivity contribution in [2.75, 3.05) is 31.1 Å². The molecule has 1 aromatic heterocycles. The van der Waals surface area contributed by atoms with Crippen LogP contribution in [0.1, 0.15) is 43.7 Å². The van der Waals surface area contributed by atoms with Crippen LogP contribution in [0.4, 0.5) is 5.82 Å². The highest BCUT2D eigenvalue weighted by Gasteiger charge is 2.31. The predicted molar refractivity (Wildman–Crippen MR) is 108 cm³/mol. The number of nitrogens with zero attached hydrogens (tertiary/aromatic N) is 3. The Morgan fingerprint density at radius 1 is 1.18 bits per heavy atom. The minimum absolute atomic E-state index is 0.00705. The van der Waals surface area contributed by atoms with Crippen LogP contribution in [0.25, 0.3) is 0 Å². The highest BCUT2D eigenvalue weighted by Crippen LogP contribution is 2.28. The fourth-order valence-electron chi connectivity index (χ4n) is 3.73. The summed E-state index contributed by atoms with van der Waals surface area (Å²) in [4.78, 5) is 14.8. The van der Waals surface area contributed by atoms with Crippen LogP contribution in [0.15, 0.2) is 36.4 Å². The molecule has 6 nitrogen and oxygen atoms in total. The average molecular weight is 380 g/mol. The molecule has 3 heterocycles. The second-order valence-corrected chi connectivity index (χ2v) is 8.74. The molecule has 1 atom stereocenters. The van der Waals surface area contributed by atoms with Crippen molar-refractivity contribution in [1.82, 2.24) is 15.5 Å². The van der Waals surface area contributed by atoms with Gasteiger partial charge in [-0.2, -0.15) is 5.10 Å². The number of anilines is 1. The maximum Gasteiger partial charge on any atom is 0.253 e. The number of ether oxygens (including phenoxy) is 1. The molecule has 2 aliphatic heterocycles. The van der Waals surface area contributed by atoms with Gasteiger partial charge in [0, 0.05) is 31.0 Å². The molecule has 148 valence electrons. The van der Waals surface area contributed by atoms with E-state index in [2.05, 4.69) is 53.3 Å². The SMILES string of the molecule is CC(C)(C)c1ccc(N2CC(CNC(=O)C3OCCc4ccccc43)C2)nn1. The molecular formula is C22H28N4O2. The molecule has 1 aromatic carbocycles. The number of carbonyl (C=O) groups is 1. The Morgan fingerprint density at radius 2 is 1.96 bits per heavy atom. The Kier molecular flexibility index (Phi) is 5.06. The van der Waals surface area contributed by atoms with Crippen LogP contribution < -0.4 is 10.2 Å². The van der Waals surface area contributed by atoms with Crippen molar-refractivity contribution in [2.45, 2.75) is 38.7 Å². The Balaban J connectivity index is 1.27. The second kappa shape index (κ2) is 7.51. The number of amides is 1. The first kappa shape index (κ1) is 18.9. The van der Waals surface area contributed by atoms with Crippen molar-refractivity contribution in [2.24, 2.45) is 5.92 Å². The molecule has 6 heteroatoms. The smallest absolute Gasteiger partial charge is 0.253 e. The van der Waals surface area contributed by atoms with Crippen LogP contribution in [0, 0.1) is 5.92 Å². The maximum atomic E-state index is 12.6. The summed E-state index contributed by atoms with van der Waals surface area (Å²) in [7, 11) is 0. The van der Waals surface area contributed by atoms with Gasteiger partial charge in [-0.15, -0.1) is 5.10 Å². The molecule has 1 fully saturated rings. The summed E-state index contributed by atoms with van der Waals surface area (Å²) in [5.41, 5.74) is 3.21. The first-order valence-electron chi connectivity index (χ1n) is 9.98. The average Bonchev–Trinajstić information content (AvgIpc) is 2.66. The summed E-state index contributed by atoms with van der Waals surface area (Å²) in [5.74, 6) is 1.28. The number of benzene rings is 1. The van der Waals surface area contributed by atoms with Gasteiger partial charge in [0.2, 0.25) is 0 Å². The summed E-state index contributed by atoms with van der Waals surface area (Å²) in [6.07, 6.45) is 0.379. The molecule has 28 heavy (non-hydrogen) atoms. The van der Waals surface area contributed by atoms with E-state index in [9.17, 15) is 4.79 Å². The van der Waals surface area contributed by atoms with E-state index in [1.165, 1.54) is 5.56 Å². The molecule has 1 N–H and O–H groups in total. The van der Waals surface area contributed by atoms with E-state index in [0.29, 0.717) is 19.1 Å². The van der Waals surface area contributed by atoms with E-state index in [1.807, 2.05) is 24.3 Å². The van der Waals surface area contributed by atoms with Gasteiger partial charge in [-0.05, 0) is 29.7 Å². The lowest BCUT2D eigenvalue weighted by Gasteiger charge is -2.40. The van der Waals surface area contributed by atoms with Crippen molar-refractivity contribution >= 4 is 11.7 Å². The molecule has 0 spiro atoms. The van der Waals surface area contributed by atoms with Crippen molar-refractivity contribution < 1.29 is 9.53 Å². The number of nitrogens with one attached hydrogen (secondary N) is 1. The van der Waals surface area contributed by atoms with E-state index in [-0.39, 0.29) is 11.3 Å². The summed E-state index contributed by atoms with van der Waals surface area (Å²) in [6.45, 7) is 9.41. The monoisotopic (exact) mass is 380 g/mol. The third kappa shape index (κ3) is 3.87. The third-order valence-corrected chi connectivity index (χ3v) is 5.50. The van der Waals surface area contributed by atoms with Crippen molar-refractivity contribution in [1.29, 1.82) is 0 Å². The minimum Gasteiger partial charge on any atom is -0.363 e. The summed E-state index contributed by atoms with van der Waals surface area (Å²) in [6, 6.07) is 12.1. The topological polar surface area (TPSA) is 67.4 Å². The molecule has 4 rings (SSSR count). The fourth-order valence-corrected chi connectivity index (χ4v) is 3.73. The maximum absolute atomic E-state index is 12.6. The van der Waals surface area contributed by atoms with Crippen LogP contribution in [0.3, 0.4) is 0 Å². The minimum atomic E-state index is -0.489. The molecule has 0 radical (unpaired) electrons. The normalized spacial score (nSPS) is 19.7. The van der Waals surface area contributed by atoms with Gasteiger partial charge in [-0.25, -0.2) is 0 Å². The lowest BCUT2D eigenvalue weighted by atomic mass is 9.92. The highest BCUT2D eigenvalue weighted by molar-refractivity contribution is 5.82. The fraction of sp³-hybridized carbons (Fsp3) is 0.500. The molecule has 1 unspecified atom stereocenters. The van der Waals surface area contributed by atoms with Gasteiger partial charge in [0.25, 0.3) is 5.91 Å². The lowest BCUT2D eigenvalue weighted by Crippen LogP contribution is -2.52. The molecule has 2 aliphatic rings. The van der Waals surface area contributed by atoms with E-state index in [4.69, 9.17) is 4.74 Å². The Bertz CT molecular complexity index is 838. The van der Waals surface area contributed by atoms with Crippen molar-refractivity contribution in [3.05, 3.63) is 53.2 Å². The van der Waals surface area contributed by atoms with Gasteiger partial charge in [0.05, 0.1) is 12.3 Å². The number of hydrogen-bond donors (Lipinski definition) is 1. The Labute approximate surface area is 166 Å². The zero-order chi connectivity index (χ0) is 19.7. The van der Waals surface area contributed by atoms with Gasteiger partial charge in [0.1, 0.15) is 0 Å². The van der Waals surface area contributed by atoms with Crippen LogP contribution >= 0.6 is 0 Å². The van der Waals surface area contributed by atoms with E-state index >= 15 is 0 Å². The zero-order valence-electron chi connectivity index (χ0n) is 16.8. The molecule has 0 aliphatic carbocycles. The van der Waals surface area contributed by atoms with Gasteiger partial charge in [-0.1, -0.05) is 45.0 Å². The first-order chi connectivity index (χ1) is 13.4. The van der Waals surface area contributed by atoms with Crippen molar-refractivity contribution in [3.63, 3.8) is 0 Å². The van der Waals surface area contributed by atoms with E-state index in [1.54, 1.807) is 0 Å². The van der Waals surface area contributed by atoms with Crippen LogP contribution in [0.2, 0.25) is 0 Å². The molecule has 0 bridgehead atoms. The number of fused-ring (bicyclic) bond motifs is 1. The number of hydrogen-bond acceptors (Lipinski definition) is 5. The van der Waals surface area contributed by atoms with Crippen molar-refractivity contribution in [3.8, 4) is 0 Å². The molecular weight excluding hydrogens is 352 g/mol. The molecule has 1 amide bonds. The molecule has 2 aromatic rings. The molecule has 0 saturated carbocycles.